The van der Waals surface area contributed by atoms with Crippen LogP contribution in [-0.4, -0.2) is 75.4 Å². The van der Waals surface area contributed by atoms with E-state index in [2.05, 4.69) is 45.0 Å². The topological polar surface area (TPSA) is 103 Å². The highest BCUT2D eigenvalue weighted by molar-refractivity contribution is 6.09. The zero-order valence-electron chi connectivity index (χ0n) is 21.1. The Labute approximate surface area is 220 Å². The van der Waals surface area contributed by atoms with E-state index in [1.54, 1.807) is 11.1 Å². The van der Waals surface area contributed by atoms with Crippen LogP contribution >= 0.6 is 0 Å². The Kier molecular flexibility index (Phi) is 6.41. The van der Waals surface area contributed by atoms with E-state index in [0.717, 1.165) is 37.1 Å². The molecule has 2 aromatic carbocycles. The van der Waals surface area contributed by atoms with E-state index in [9.17, 15) is 9.59 Å². The molecule has 2 fully saturated rings. The number of nitrogens with zero attached hydrogens (tertiary/aromatic N) is 4. The number of carbonyl (C=O) groups excluding carboxylic acids is 2. The van der Waals surface area contributed by atoms with E-state index in [-0.39, 0.29) is 17.9 Å². The van der Waals surface area contributed by atoms with Crippen LogP contribution in [0.5, 0.6) is 5.75 Å². The van der Waals surface area contributed by atoms with Gasteiger partial charge in [-0.2, -0.15) is 0 Å². The minimum atomic E-state index is -0.0660. The number of nitrogens with one attached hydrogen (secondary N) is 2. The molecule has 0 bridgehead atoms. The van der Waals surface area contributed by atoms with Crippen molar-refractivity contribution in [1.29, 1.82) is 0 Å². The molecule has 9 heteroatoms. The number of benzene rings is 2. The third-order valence-corrected chi connectivity index (χ3v) is 7.52. The summed E-state index contributed by atoms with van der Waals surface area (Å²) in [5.74, 6) is 1.79. The number of rotatable bonds is 7. The highest BCUT2D eigenvalue weighted by Gasteiger charge is 2.34. The Morgan fingerprint density at radius 2 is 1.87 bits per heavy atom. The van der Waals surface area contributed by atoms with Gasteiger partial charge < -0.3 is 24.8 Å². The first kappa shape index (κ1) is 24.0. The van der Waals surface area contributed by atoms with E-state index >= 15 is 0 Å². The molecule has 38 heavy (non-hydrogen) atoms. The Hall–Kier alpha value is -4.40. The molecule has 2 saturated heterocycles. The first-order valence-corrected chi connectivity index (χ1v) is 13.0. The summed E-state index contributed by atoms with van der Waals surface area (Å²) in [6.45, 7) is 6.79. The van der Waals surface area contributed by atoms with Crippen LogP contribution in [0.2, 0.25) is 0 Å². The Morgan fingerprint density at radius 1 is 1.08 bits per heavy atom. The van der Waals surface area contributed by atoms with Crippen molar-refractivity contribution < 1.29 is 14.3 Å². The Morgan fingerprint density at radius 3 is 2.66 bits per heavy atom. The van der Waals surface area contributed by atoms with Gasteiger partial charge in [-0.1, -0.05) is 36.9 Å². The molecular formula is C29H30N6O3. The van der Waals surface area contributed by atoms with Crippen molar-refractivity contribution in [2.24, 2.45) is 5.92 Å². The molecule has 0 radical (unpaired) electrons. The lowest BCUT2D eigenvalue weighted by molar-refractivity contribution is -0.127. The number of hydrogen-bond acceptors (Lipinski definition) is 6. The van der Waals surface area contributed by atoms with Gasteiger partial charge in [-0.3, -0.25) is 9.59 Å². The number of aromatic nitrogens is 3. The summed E-state index contributed by atoms with van der Waals surface area (Å²) in [5.41, 5.74) is 1.18. The normalized spacial score (nSPS) is 16.4. The molecule has 4 heterocycles. The van der Waals surface area contributed by atoms with Gasteiger partial charge in [0.1, 0.15) is 29.6 Å². The van der Waals surface area contributed by atoms with Crippen LogP contribution in [0, 0.1) is 5.92 Å². The highest BCUT2D eigenvalue weighted by Crippen LogP contribution is 2.29. The highest BCUT2D eigenvalue weighted by atomic mass is 16.5. The number of H-pyrrole nitrogens is 1. The van der Waals surface area contributed by atoms with Crippen molar-refractivity contribution in [3.63, 3.8) is 0 Å². The van der Waals surface area contributed by atoms with Crippen molar-refractivity contribution in [2.75, 3.05) is 38.0 Å². The molecular weight excluding hydrogens is 480 g/mol. The van der Waals surface area contributed by atoms with Crippen molar-refractivity contribution in [3.05, 3.63) is 73.2 Å². The second kappa shape index (κ2) is 10.2. The molecule has 0 spiro atoms. The van der Waals surface area contributed by atoms with E-state index in [1.165, 1.54) is 17.8 Å². The van der Waals surface area contributed by atoms with Gasteiger partial charge in [-0.25, -0.2) is 9.97 Å². The van der Waals surface area contributed by atoms with E-state index in [4.69, 9.17) is 4.74 Å². The third kappa shape index (κ3) is 4.67. The lowest BCUT2D eigenvalue weighted by atomic mass is 9.96. The molecule has 0 unspecified atom stereocenters. The summed E-state index contributed by atoms with van der Waals surface area (Å²) >= 11 is 0. The van der Waals surface area contributed by atoms with Gasteiger partial charge in [0, 0.05) is 25.8 Å². The summed E-state index contributed by atoms with van der Waals surface area (Å²) in [6, 6.07) is 14.2. The lowest BCUT2D eigenvalue weighted by Crippen LogP contribution is -2.56. The maximum absolute atomic E-state index is 13.4. The number of amides is 2. The molecule has 2 aromatic heterocycles. The number of carbonyl (C=O) groups is 2. The molecule has 4 aromatic rings. The lowest BCUT2D eigenvalue weighted by Gasteiger charge is -2.39. The second-order valence-electron chi connectivity index (χ2n) is 9.96. The minimum absolute atomic E-state index is 0.0136. The predicted octanol–water partition coefficient (Wildman–Crippen LogP) is 3.85. The molecule has 6 rings (SSSR count). The summed E-state index contributed by atoms with van der Waals surface area (Å²) in [4.78, 5) is 40.7. The van der Waals surface area contributed by atoms with Crippen molar-refractivity contribution in [3.8, 4) is 5.75 Å². The van der Waals surface area contributed by atoms with Gasteiger partial charge in [-0.05, 0) is 47.7 Å². The fraction of sp³-hybridized carbons (Fsp3) is 0.310. The summed E-state index contributed by atoms with van der Waals surface area (Å²) in [7, 11) is 0. The number of aromatic amines is 1. The van der Waals surface area contributed by atoms with Gasteiger partial charge >= 0.3 is 0 Å². The van der Waals surface area contributed by atoms with Crippen LogP contribution in [0.4, 0.5) is 5.82 Å². The van der Waals surface area contributed by atoms with Crippen LogP contribution < -0.4 is 10.1 Å². The average molecular weight is 511 g/mol. The maximum atomic E-state index is 13.4. The zero-order chi connectivity index (χ0) is 26.1. The van der Waals surface area contributed by atoms with Crippen molar-refractivity contribution in [1.82, 2.24) is 24.8 Å². The SMILES string of the molecule is C=CC(=O)N1CCC(CNc2ncnc3[nH]cc(C(=O)N4CC(Oc5ccc6ccccc6c5)C4)c23)CC1. The fourth-order valence-corrected chi connectivity index (χ4v) is 5.28. The van der Waals surface area contributed by atoms with Crippen LogP contribution in [0.3, 0.4) is 0 Å². The van der Waals surface area contributed by atoms with E-state index < -0.39 is 0 Å². The molecule has 0 aliphatic carbocycles. The van der Waals surface area contributed by atoms with Gasteiger partial charge in [0.2, 0.25) is 5.91 Å². The molecule has 194 valence electrons. The monoisotopic (exact) mass is 510 g/mol. The predicted molar refractivity (Wildman–Crippen MR) is 146 cm³/mol. The van der Waals surface area contributed by atoms with Gasteiger partial charge in [-0.15, -0.1) is 0 Å². The molecule has 9 nitrogen and oxygen atoms in total. The Bertz CT molecular complexity index is 1500. The fourth-order valence-electron chi connectivity index (χ4n) is 5.28. The molecule has 2 amide bonds. The third-order valence-electron chi connectivity index (χ3n) is 7.52. The van der Waals surface area contributed by atoms with Gasteiger partial charge in [0.15, 0.2) is 0 Å². The molecule has 2 aliphatic heterocycles. The van der Waals surface area contributed by atoms with Gasteiger partial charge in [0.05, 0.1) is 24.0 Å². The van der Waals surface area contributed by atoms with Crippen molar-refractivity contribution in [2.45, 2.75) is 18.9 Å². The van der Waals surface area contributed by atoms with Crippen molar-refractivity contribution >= 4 is 39.4 Å². The maximum Gasteiger partial charge on any atom is 0.256 e. The van der Waals surface area contributed by atoms with E-state index in [0.29, 0.717) is 48.0 Å². The largest absolute Gasteiger partial charge is 0.487 e. The Balaban J connectivity index is 1.08. The van der Waals surface area contributed by atoms with Crippen LogP contribution in [0.15, 0.2) is 67.6 Å². The molecule has 2 aliphatic rings. The number of anilines is 1. The summed E-state index contributed by atoms with van der Waals surface area (Å²) < 4.78 is 6.13. The molecule has 0 saturated carbocycles. The number of piperidine rings is 1. The number of hydrogen-bond donors (Lipinski definition) is 2. The smallest absolute Gasteiger partial charge is 0.256 e. The van der Waals surface area contributed by atoms with Crippen LogP contribution in [0.25, 0.3) is 21.8 Å². The van der Waals surface area contributed by atoms with Crippen LogP contribution in [-0.2, 0) is 4.79 Å². The van der Waals surface area contributed by atoms with Crippen LogP contribution in [0.1, 0.15) is 23.2 Å². The quantitative estimate of drug-likeness (QED) is 0.366. The number of likely N-dealkylation sites (tertiary alicyclic amines) is 2. The molecule has 2 N–H and O–H groups in total. The first-order valence-electron chi connectivity index (χ1n) is 13.0. The first-order chi connectivity index (χ1) is 18.6. The number of ether oxygens (including phenoxy) is 1. The zero-order valence-corrected chi connectivity index (χ0v) is 21.1. The minimum Gasteiger partial charge on any atom is -0.487 e. The number of fused-ring (bicyclic) bond motifs is 2. The standard InChI is InChI=1S/C29H30N6O3/c1-2-25(36)34-11-9-19(10-12-34)14-30-27-26-24(15-31-28(26)33-18-32-27)29(37)35-16-23(17-35)38-22-8-7-20-5-3-4-6-21(20)13-22/h2-8,13,15,18-19,23H,1,9-12,14,16-17H2,(H2,30,31,32,33). The summed E-state index contributed by atoms with van der Waals surface area (Å²) in [6.07, 6.45) is 6.36. The van der Waals surface area contributed by atoms with E-state index in [1.807, 2.05) is 29.2 Å². The second-order valence-corrected chi connectivity index (χ2v) is 9.96. The van der Waals surface area contributed by atoms with Gasteiger partial charge in [0.25, 0.3) is 5.91 Å². The average Bonchev–Trinajstić information content (AvgIpc) is 3.38. The molecule has 0 atom stereocenters. The summed E-state index contributed by atoms with van der Waals surface area (Å²) in [5, 5.41) is 6.44.